The average Bonchev–Trinajstić information content (AvgIpc) is 3.28. The van der Waals surface area contributed by atoms with E-state index in [-0.39, 0.29) is 31.2 Å². The minimum absolute atomic E-state index is 0.0276. The Hall–Kier alpha value is -2.60. The summed E-state index contributed by atoms with van der Waals surface area (Å²) in [4.78, 5) is 0. The van der Waals surface area contributed by atoms with Crippen molar-refractivity contribution < 1.29 is 29.2 Å². The van der Waals surface area contributed by atoms with E-state index in [1.807, 2.05) is 31.2 Å². The molecule has 0 fully saturated rings. The van der Waals surface area contributed by atoms with Gasteiger partial charge in [-0.05, 0) is 47.6 Å². The molecule has 6 heteroatoms. The van der Waals surface area contributed by atoms with Gasteiger partial charge < -0.3 is 29.2 Å². The second-order valence-corrected chi connectivity index (χ2v) is 6.93. The first kappa shape index (κ1) is 16.8. The fourth-order valence-corrected chi connectivity index (χ4v) is 3.38. The first-order chi connectivity index (χ1) is 12.5. The summed E-state index contributed by atoms with van der Waals surface area (Å²) in [5, 5.41) is 21.0. The molecule has 0 saturated carbocycles. The van der Waals surface area contributed by atoms with Gasteiger partial charge in [0.25, 0.3) is 0 Å². The van der Waals surface area contributed by atoms with Crippen molar-refractivity contribution in [2.75, 3.05) is 13.6 Å². The van der Waals surface area contributed by atoms with Crippen molar-refractivity contribution in [2.24, 2.45) is 11.8 Å². The van der Waals surface area contributed by atoms with Gasteiger partial charge in [-0.1, -0.05) is 19.9 Å². The summed E-state index contributed by atoms with van der Waals surface area (Å²) >= 11 is 0. The highest BCUT2D eigenvalue weighted by atomic mass is 16.7. The summed E-state index contributed by atoms with van der Waals surface area (Å²) in [6.45, 7) is 4.45. The zero-order valence-electron chi connectivity index (χ0n) is 14.8. The molecule has 0 unspecified atom stereocenters. The maximum Gasteiger partial charge on any atom is 0.231 e. The molecular weight excluding hydrogens is 336 g/mol. The molecule has 2 heterocycles. The molecule has 6 nitrogen and oxygen atoms in total. The Bertz CT molecular complexity index is 818. The SMILES string of the molecule is C[C@H]([C@H](O)c1ccc2c(c1)OCO2)[C@@H](C)Cc1cc2c(cc1O)OCO2. The minimum Gasteiger partial charge on any atom is -0.508 e. The summed E-state index contributed by atoms with van der Waals surface area (Å²) in [5.74, 6) is 2.86. The van der Waals surface area contributed by atoms with Crippen LogP contribution in [0.25, 0.3) is 0 Å². The predicted octanol–water partition coefficient (Wildman–Crippen LogP) is 3.40. The number of fused-ring (bicyclic) bond motifs is 2. The maximum absolute atomic E-state index is 10.8. The van der Waals surface area contributed by atoms with Crippen LogP contribution in [-0.2, 0) is 6.42 Å². The van der Waals surface area contributed by atoms with E-state index in [1.165, 1.54) is 0 Å². The summed E-state index contributed by atoms with van der Waals surface area (Å²) in [7, 11) is 0. The number of phenols is 1. The smallest absolute Gasteiger partial charge is 0.231 e. The van der Waals surface area contributed by atoms with Gasteiger partial charge in [-0.2, -0.15) is 0 Å². The van der Waals surface area contributed by atoms with Gasteiger partial charge >= 0.3 is 0 Å². The standard InChI is InChI=1S/C20H22O6/c1-11(5-14-7-18-19(8-15(14)21)26-10-25-18)12(2)20(22)13-3-4-16-17(6-13)24-9-23-16/h3-4,6-8,11-12,20-22H,5,9-10H2,1-2H3/t11-,12-,20-/m0/s1. The maximum atomic E-state index is 10.8. The summed E-state index contributed by atoms with van der Waals surface area (Å²) in [6.07, 6.45) is -0.0266. The molecule has 0 saturated heterocycles. The topological polar surface area (TPSA) is 77.4 Å². The van der Waals surface area contributed by atoms with E-state index in [2.05, 4.69) is 6.92 Å². The van der Waals surface area contributed by atoms with Gasteiger partial charge in [0.15, 0.2) is 23.0 Å². The lowest BCUT2D eigenvalue weighted by Crippen LogP contribution is -2.19. The normalized spacial score (nSPS) is 17.8. The molecule has 3 atom stereocenters. The Morgan fingerprint density at radius 2 is 1.50 bits per heavy atom. The summed E-state index contributed by atoms with van der Waals surface area (Å²) in [5.41, 5.74) is 1.58. The number of phenolic OH excluding ortho intramolecular Hbond substituents is 1. The lowest BCUT2D eigenvalue weighted by molar-refractivity contribution is 0.0867. The number of aliphatic hydroxyl groups excluding tert-OH is 1. The van der Waals surface area contributed by atoms with Crippen molar-refractivity contribution in [1.82, 2.24) is 0 Å². The fraction of sp³-hybridized carbons (Fsp3) is 0.400. The van der Waals surface area contributed by atoms with E-state index in [9.17, 15) is 10.2 Å². The monoisotopic (exact) mass is 358 g/mol. The second kappa shape index (κ2) is 6.61. The van der Waals surface area contributed by atoms with E-state index in [0.717, 1.165) is 11.1 Å². The third-order valence-corrected chi connectivity index (χ3v) is 5.25. The molecule has 0 amide bonds. The molecule has 26 heavy (non-hydrogen) atoms. The van der Waals surface area contributed by atoms with Crippen LogP contribution in [0.1, 0.15) is 31.1 Å². The molecule has 138 valence electrons. The van der Waals surface area contributed by atoms with Crippen molar-refractivity contribution in [1.29, 1.82) is 0 Å². The van der Waals surface area contributed by atoms with Crippen LogP contribution in [0.3, 0.4) is 0 Å². The van der Waals surface area contributed by atoms with Crippen LogP contribution >= 0.6 is 0 Å². The molecule has 2 aromatic carbocycles. The number of benzene rings is 2. The number of aromatic hydroxyl groups is 1. The van der Waals surface area contributed by atoms with E-state index >= 15 is 0 Å². The number of hydrogen-bond acceptors (Lipinski definition) is 6. The van der Waals surface area contributed by atoms with E-state index in [0.29, 0.717) is 29.4 Å². The van der Waals surface area contributed by atoms with E-state index < -0.39 is 6.10 Å². The van der Waals surface area contributed by atoms with Gasteiger partial charge in [0.1, 0.15) is 5.75 Å². The van der Waals surface area contributed by atoms with Crippen LogP contribution in [-0.4, -0.2) is 23.8 Å². The molecule has 2 N–H and O–H groups in total. The van der Waals surface area contributed by atoms with Crippen molar-refractivity contribution in [2.45, 2.75) is 26.4 Å². The third kappa shape index (κ3) is 3.01. The Kier molecular flexibility index (Phi) is 4.28. The minimum atomic E-state index is -0.643. The lowest BCUT2D eigenvalue weighted by atomic mass is 9.83. The van der Waals surface area contributed by atoms with Crippen molar-refractivity contribution in [3.8, 4) is 28.7 Å². The Morgan fingerprint density at radius 1 is 0.885 bits per heavy atom. The Labute approximate surface area is 151 Å². The van der Waals surface area contributed by atoms with Crippen LogP contribution in [0, 0.1) is 11.8 Å². The quantitative estimate of drug-likeness (QED) is 0.853. The first-order valence-electron chi connectivity index (χ1n) is 8.72. The van der Waals surface area contributed by atoms with Gasteiger partial charge in [0.2, 0.25) is 13.6 Å². The van der Waals surface area contributed by atoms with Gasteiger partial charge in [0, 0.05) is 6.07 Å². The number of ether oxygens (including phenoxy) is 4. The molecule has 0 radical (unpaired) electrons. The van der Waals surface area contributed by atoms with Gasteiger partial charge in [0.05, 0.1) is 6.10 Å². The fourth-order valence-electron chi connectivity index (χ4n) is 3.38. The molecule has 0 spiro atoms. The van der Waals surface area contributed by atoms with Crippen LogP contribution in [0.5, 0.6) is 28.7 Å². The van der Waals surface area contributed by atoms with E-state index in [4.69, 9.17) is 18.9 Å². The Balaban J connectivity index is 1.48. The molecule has 2 aliphatic rings. The molecule has 0 aliphatic carbocycles. The molecular formula is C20H22O6. The zero-order chi connectivity index (χ0) is 18.3. The largest absolute Gasteiger partial charge is 0.508 e. The molecule has 4 rings (SSSR count). The highest BCUT2D eigenvalue weighted by molar-refractivity contribution is 5.51. The highest BCUT2D eigenvalue weighted by Crippen LogP contribution is 2.41. The zero-order valence-corrected chi connectivity index (χ0v) is 14.8. The van der Waals surface area contributed by atoms with Crippen molar-refractivity contribution in [3.63, 3.8) is 0 Å². The predicted molar refractivity (Wildman–Crippen MR) is 93.8 cm³/mol. The molecule has 0 bridgehead atoms. The molecule has 2 aromatic rings. The van der Waals surface area contributed by atoms with Crippen molar-refractivity contribution in [3.05, 3.63) is 41.5 Å². The second-order valence-electron chi connectivity index (χ2n) is 6.93. The number of rotatable bonds is 5. The van der Waals surface area contributed by atoms with Gasteiger partial charge in [-0.3, -0.25) is 0 Å². The molecule has 0 aromatic heterocycles. The first-order valence-corrected chi connectivity index (χ1v) is 8.72. The molecule has 2 aliphatic heterocycles. The van der Waals surface area contributed by atoms with Gasteiger partial charge in [-0.25, -0.2) is 0 Å². The van der Waals surface area contributed by atoms with Crippen LogP contribution in [0.15, 0.2) is 30.3 Å². The summed E-state index contributed by atoms with van der Waals surface area (Å²) < 4.78 is 21.4. The summed E-state index contributed by atoms with van der Waals surface area (Å²) in [6, 6.07) is 8.91. The number of hydrogen-bond donors (Lipinski definition) is 2. The average molecular weight is 358 g/mol. The number of aliphatic hydroxyl groups is 1. The highest BCUT2D eigenvalue weighted by Gasteiger charge is 2.26. The van der Waals surface area contributed by atoms with Crippen LogP contribution in [0.4, 0.5) is 0 Å². The van der Waals surface area contributed by atoms with E-state index in [1.54, 1.807) is 6.07 Å². The van der Waals surface area contributed by atoms with Crippen LogP contribution < -0.4 is 18.9 Å². The third-order valence-electron chi connectivity index (χ3n) is 5.25. The Morgan fingerprint density at radius 3 is 2.23 bits per heavy atom. The van der Waals surface area contributed by atoms with Crippen LogP contribution in [0.2, 0.25) is 0 Å². The van der Waals surface area contributed by atoms with Gasteiger partial charge in [-0.15, -0.1) is 0 Å². The van der Waals surface area contributed by atoms with Crippen molar-refractivity contribution >= 4 is 0 Å². The lowest BCUT2D eigenvalue weighted by Gasteiger charge is -2.26.